The number of rotatable bonds is 12. The first-order valence-electron chi connectivity index (χ1n) is 7.58. The van der Waals surface area contributed by atoms with E-state index in [4.69, 9.17) is 18.0 Å². The normalized spacial score (nSPS) is 13.2. The van der Waals surface area contributed by atoms with Gasteiger partial charge in [0.15, 0.2) is 0 Å². The van der Waals surface area contributed by atoms with E-state index in [0.29, 0.717) is 19.8 Å². The van der Waals surface area contributed by atoms with Gasteiger partial charge in [-0.15, -0.1) is 0 Å². The molecule has 20 heavy (non-hydrogen) atoms. The Bertz CT molecular complexity index is 243. The summed E-state index contributed by atoms with van der Waals surface area (Å²) in [4.78, 5) is 10.8. The van der Waals surface area contributed by atoms with Gasteiger partial charge in [-0.2, -0.15) is 0 Å². The molecule has 0 aromatic carbocycles. The largest absolute Gasteiger partial charge is 0.500 e. The molecule has 0 spiro atoms. The smallest absolute Gasteiger partial charge is 0.463 e. The predicted molar refractivity (Wildman–Crippen MR) is 80.5 cm³/mol. The Balaban J connectivity index is 4.14. The third-order valence-corrected chi connectivity index (χ3v) is 5.95. The lowest BCUT2D eigenvalue weighted by Crippen LogP contribution is -2.45. The summed E-state index contributed by atoms with van der Waals surface area (Å²) < 4.78 is 22.5. The second-order valence-corrected chi connectivity index (χ2v) is 7.38. The van der Waals surface area contributed by atoms with Crippen molar-refractivity contribution < 1.29 is 22.8 Å². The molecule has 0 aliphatic rings. The average molecular weight is 306 g/mol. The summed E-state index contributed by atoms with van der Waals surface area (Å²) in [6.45, 7) is 11.1. The van der Waals surface area contributed by atoms with Crippen LogP contribution in [0.4, 0.5) is 0 Å². The van der Waals surface area contributed by atoms with Crippen LogP contribution in [0.5, 0.6) is 0 Å². The van der Waals surface area contributed by atoms with Crippen LogP contribution in [0.3, 0.4) is 0 Å². The highest BCUT2D eigenvalue weighted by Gasteiger charge is 2.39. The average Bonchev–Trinajstić information content (AvgIpc) is 2.35. The van der Waals surface area contributed by atoms with E-state index >= 15 is 0 Å². The van der Waals surface area contributed by atoms with E-state index in [0.717, 1.165) is 25.3 Å². The van der Waals surface area contributed by atoms with Crippen LogP contribution in [0.25, 0.3) is 0 Å². The topological polar surface area (TPSA) is 54.0 Å². The fourth-order valence-electron chi connectivity index (χ4n) is 2.12. The van der Waals surface area contributed by atoms with Crippen molar-refractivity contribution in [2.75, 3.05) is 19.8 Å². The number of ether oxygens (including phenoxy) is 1. The first-order valence-corrected chi connectivity index (χ1v) is 9.51. The molecule has 1 unspecified atom stereocenters. The summed E-state index contributed by atoms with van der Waals surface area (Å²) >= 11 is 0. The highest BCUT2D eigenvalue weighted by Crippen LogP contribution is 2.20. The van der Waals surface area contributed by atoms with Crippen LogP contribution in [0.15, 0.2) is 0 Å². The molecule has 0 amide bonds. The van der Waals surface area contributed by atoms with Crippen molar-refractivity contribution in [2.45, 2.75) is 66.0 Å². The van der Waals surface area contributed by atoms with Gasteiger partial charge in [0.2, 0.25) is 0 Å². The van der Waals surface area contributed by atoms with Gasteiger partial charge in [0.05, 0.1) is 6.10 Å². The minimum absolute atomic E-state index is 0.0325. The Kier molecular flexibility index (Phi) is 11.0. The fourth-order valence-corrected chi connectivity index (χ4v) is 4.80. The maximum Gasteiger partial charge on any atom is 0.500 e. The number of unbranched alkanes of at least 4 members (excludes halogenated alkanes) is 1. The molecule has 0 aliphatic carbocycles. The van der Waals surface area contributed by atoms with Crippen LogP contribution in [0, 0.1) is 0 Å². The molecule has 0 rings (SSSR count). The Morgan fingerprint density at radius 1 is 1.00 bits per heavy atom. The van der Waals surface area contributed by atoms with Gasteiger partial charge in [-0.1, -0.05) is 0 Å². The molecule has 0 radical (unpaired) electrons. The minimum atomic E-state index is -2.51. The summed E-state index contributed by atoms with van der Waals surface area (Å²) in [5, 5.41) is 0. The summed E-state index contributed by atoms with van der Waals surface area (Å²) in [5.41, 5.74) is 0. The van der Waals surface area contributed by atoms with E-state index in [9.17, 15) is 4.79 Å². The van der Waals surface area contributed by atoms with Crippen LogP contribution in [-0.2, 0) is 22.8 Å². The Morgan fingerprint density at radius 2 is 1.50 bits per heavy atom. The van der Waals surface area contributed by atoms with Crippen LogP contribution in [0.1, 0.15) is 53.9 Å². The van der Waals surface area contributed by atoms with Crippen molar-refractivity contribution in [1.29, 1.82) is 0 Å². The highest BCUT2D eigenvalue weighted by molar-refractivity contribution is 6.60. The molecule has 0 fully saturated rings. The quantitative estimate of drug-likeness (QED) is 0.315. The van der Waals surface area contributed by atoms with Gasteiger partial charge in [0.25, 0.3) is 0 Å². The van der Waals surface area contributed by atoms with Gasteiger partial charge in [-0.3, -0.25) is 4.79 Å². The zero-order chi connectivity index (χ0) is 15.4. The van der Waals surface area contributed by atoms with Gasteiger partial charge < -0.3 is 18.0 Å². The van der Waals surface area contributed by atoms with E-state index in [1.165, 1.54) is 6.92 Å². The fraction of sp³-hybridized carbons (Fsp3) is 0.929. The van der Waals surface area contributed by atoms with Gasteiger partial charge >= 0.3 is 14.8 Å². The first-order chi connectivity index (χ1) is 9.49. The standard InChI is InChI=1S/C14H30O5Si/c1-6-16-20(17-7-2,18-8-3)12-10-9-11-13(4)19-14(5)15/h13H,6-12H2,1-5H3. The molecule has 0 saturated heterocycles. The monoisotopic (exact) mass is 306 g/mol. The molecule has 0 aliphatic heterocycles. The third kappa shape index (κ3) is 8.68. The zero-order valence-corrected chi connectivity index (χ0v) is 14.6. The molecule has 0 aromatic rings. The lowest BCUT2D eigenvalue weighted by molar-refractivity contribution is -0.145. The van der Waals surface area contributed by atoms with Crippen molar-refractivity contribution in [3.63, 3.8) is 0 Å². The van der Waals surface area contributed by atoms with Crippen LogP contribution >= 0.6 is 0 Å². The second-order valence-electron chi connectivity index (χ2n) is 4.65. The Hall–Kier alpha value is -0.433. The molecule has 0 bridgehead atoms. The van der Waals surface area contributed by atoms with Crippen molar-refractivity contribution in [3.8, 4) is 0 Å². The predicted octanol–water partition coefficient (Wildman–Crippen LogP) is 3.16. The molecule has 1 atom stereocenters. The molecule has 0 aromatic heterocycles. The SMILES string of the molecule is CCO[Si](CCCCC(C)OC(C)=O)(OCC)OCC. The van der Waals surface area contributed by atoms with Crippen molar-refractivity contribution >= 4 is 14.8 Å². The number of hydrogen-bond donors (Lipinski definition) is 0. The van der Waals surface area contributed by atoms with Crippen LogP contribution in [-0.4, -0.2) is 40.7 Å². The highest BCUT2D eigenvalue weighted by atomic mass is 28.4. The van der Waals surface area contributed by atoms with Crippen molar-refractivity contribution in [2.24, 2.45) is 0 Å². The number of hydrogen-bond acceptors (Lipinski definition) is 5. The maximum atomic E-state index is 10.8. The molecule has 120 valence electrons. The van der Waals surface area contributed by atoms with Crippen molar-refractivity contribution in [1.82, 2.24) is 0 Å². The summed E-state index contributed by atoms with van der Waals surface area (Å²) in [7, 11) is -2.51. The second kappa shape index (κ2) is 11.3. The Labute approximate surface area is 124 Å². The minimum Gasteiger partial charge on any atom is -0.463 e. The van der Waals surface area contributed by atoms with Gasteiger partial charge in [-0.05, 0) is 47.0 Å². The lowest BCUT2D eigenvalue weighted by Gasteiger charge is -2.28. The lowest BCUT2D eigenvalue weighted by atomic mass is 10.2. The molecule has 5 nitrogen and oxygen atoms in total. The summed E-state index contributed by atoms with van der Waals surface area (Å²) in [6, 6.07) is 0.815. The molecule has 0 N–H and O–H groups in total. The van der Waals surface area contributed by atoms with Gasteiger partial charge in [0.1, 0.15) is 0 Å². The Morgan fingerprint density at radius 3 is 1.90 bits per heavy atom. The zero-order valence-electron chi connectivity index (χ0n) is 13.6. The molecular formula is C14H30O5Si. The van der Waals surface area contributed by atoms with Crippen LogP contribution in [0.2, 0.25) is 6.04 Å². The maximum absolute atomic E-state index is 10.8. The molecular weight excluding hydrogens is 276 g/mol. The molecule has 0 heterocycles. The van der Waals surface area contributed by atoms with Crippen LogP contribution < -0.4 is 0 Å². The summed E-state index contributed by atoms with van der Waals surface area (Å²) in [5.74, 6) is -0.223. The third-order valence-electron chi connectivity index (χ3n) is 2.80. The van der Waals surface area contributed by atoms with Gasteiger partial charge in [-0.25, -0.2) is 0 Å². The van der Waals surface area contributed by atoms with E-state index in [2.05, 4.69) is 0 Å². The number of carbonyl (C=O) groups is 1. The first kappa shape index (κ1) is 19.6. The molecule has 0 saturated carbocycles. The van der Waals surface area contributed by atoms with E-state index in [-0.39, 0.29) is 12.1 Å². The van der Waals surface area contributed by atoms with Crippen molar-refractivity contribution in [3.05, 3.63) is 0 Å². The van der Waals surface area contributed by atoms with E-state index in [1.807, 2.05) is 27.7 Å². The summed E-state index contributed by atoms with van der Waals surface area (Å²) in [6.07, 6.45) is 2.75. The number of esters is 1. The van der Waals surface area contributed by atoms with Gasteiger partial charge in [0, 0.05) is 32.8 Å². The van der Waals surface area contributed by atoms with E-state index in [1.54, 1.807) is 0 Å². The number of carbonyl (C=O) groups excluding carboxylic acids is 1. The molecule has 6 heteroatoms. The van der Waals surface area contributed by atoms with E-state index < -0.39 is 8.80 Å².